The van der Waals surface area contributed by atoms with Crippen LogP contribution in [0.5, 0.6) is 0 Å². The molecule has 0 bridgehead atoms. The molecule has 1 aliphatic rings. The number of hydrogen-bond donors (Lipinski definition) is 2. The number of thioether (sulfide) groups is 1. The summed E-state index contributed by atoms with van der Waals surface area (Å²) in [6, 6.07) is 9.56. The molecule has 0 saturated carbocycles. The maximum absolute atomic E-state index is 12.1. The zero-order chi connectivity index (χ0) is 17.1. The number of aliphatic hydroxyl groups excluding tert-OH is 1. The highest BCUT2D eigenvalue weighted by molar-refractivity contribution is 8.18. The number of aliphatic hydroxyl groups is 1. The van der Waals surface area contributed by atoms with Gasteiger partial charge in [-0.15, -0.1) is 0 Å². The molecule has 1 saturated heterocycles. The van der Waals surface area contributed by atoms with E-state index >= 15 is 0 Å². The molecule has 0 radical (unpaired) electrons. The van der Waals surface area contributed by atoms with Gasteiger partial charge in [-0.05, 0) is 47.5 Å². The first kappa shape index (κ1) is 16.7. The molecule has 1 aromatic heterocycles. The molecule has 0 aliphatic carbocycles. The fourth-order valence-electron chi connectivity index (χ4n) is 2.37. The van der Waals surface area contributed by atoms with Gasteiger partial charge in [0, 0.05) is 11.6 Å². The van der Waals surface area contributed by atoms with Crippen LogP contribution >= 0.6 is 11.8 Å². The van der Waals surface area contributed by atoms with Crippen molar-refractivity contribution < 1.29 is 9.90 Å². The van der Waals surface area contributed by atoms with Crippen molar-refractivity contribution in [1.82, 2.24) is 10.3 Å². The van der Waals surface area contributed by atoms with Crippen molar-refractivity contribution in [2.45, 2.75) is 19.9 Å². The van der Waals surface area contributed by atoms with Crippen LogP contribution < -0.4 is 5.32 Å². The Morgan fingerprint density at radius 3 is 2.96 bits per heavy atom. The van der Waals surface area contributed by atoms with E-state index in [1.54, 1.807) is 6.20 Å². The third-order valence-electron chi connectivity index (χ3n) is 3.82. The average molecular weight is 341 g/mol. The Kier molecular flexibility index (Phi) is 4.97. The lowest BCUT2D eigenvalue weighted by Gasteiger charge is -2.13. The highest BCUT2D eigenvalue weighted by Gasteiger charge is 2.25. The van der Waals surface area contributed by atoms with E-state index in [4.69, 9.17) is 0 Å². The van der Waals surface area contributed by atoms with E-state index in [1.807, 2.05) is 50.3 Å². The average Bonchev–Trinajstić information content (AvgIpc) is 2.91. The Morgan fingerprint density at radius 2 is 2.21 bits per heavy atom. The number of aromatic nitrogens is 1. The predicted molar refractivity (Wildman–Crippen MR) is 98.6 cm³/mol. The monoisotopic (exact) mass is 341 g/mol. The SMILES string of the molecule is CC(C)C(CO)N=C1NC(=O)C(=Cc2ccc3ncccc3c2)S1. The second kappa shape index (κ2) is 7.15. The summed E-state index contributed by atoms with van der Waals surface area (Å²) >= 11 is 1.30. The van der Waals surface area contributed by atoms with Gasteiger partial charge in [-0.1, -0.05) is 26.0 Å². The molecule has 2 N–H and O–H groups in total. The normalized spacial score (nSPS) is 19.4. The topological polar surface area (TPSA) is 74.6 Å². The van der Waals surface area contributed by atoms with Gasteiger partial charge in [0.05, 0.1) is 23.1 Å². The summed E-state index contributed by atoms with van der Waals surface area (Å²) in [7, 11) is 0. The molecule has 5 nitrogen and oxygen atoms in total. The van der Waals surface area contributed by atoms with E-state index in [-0.39, 0.29) is 24.5 Å². The first-order valence-corrected chi connectivity index (χ1v) is 8.63. The van der Waals surface area contributed by atoms with Crippen LogP contribution in [0.2, 0.25) is 0 Å². The van der Waals surface area contributed by atoms with Crippen molar-refractivity contribution in [2.75, 3.05) is 6.61 Å². The van der Waals surface area contributed by atoms with Gasteiger partial charge in [0.15, 0.2) is 5.17 Å². The quantitative estimate of drug-likeness (QED) is 0.839. The van der Waals surface area contributed by atoms with Crippen LogP contribution in [-0.4, -0.2) is 33.8 Å². The molecule has 2 aromatic rings. The summed E-state index contributed by atoms with van der Waals surface area (Å²) in [5.41, 5.74) is 1.87. The summed E-state index contributed by atoms with van der Waals surface area (Å²) in [6.45, 7) is 3.95. The van der Waals surface area contributed by atoms with E-state index < -0.39 is 0 Å². The minimum atomic E-state index is -0.209. The number of nitrogens with one attached hydrogen (secondary N) is 1. The Hall–Kier alpha value is -2.18. The molecule has 6 heteroatoms. The molecule has 1 unspecified atom stereocenters. The standard InChI is InChI=1S/C18H19N3O2S/c1-11(2)15(10-22)20-18-21-17(23)16(24-18)9-12-5-6-14-13(8-12)4-3-7-19-14/h3-9,11,15,22H,10H2,1-2H3,(H,20,21,23). The molecule has 1 amide bonds. The summed E-state index contributed by atoms with van der Waals surface area (Å²) in [5.74, 6) is 0.0477. The predicted octanol–water partition coefficient (Wildman–Crippen LogP) is 2.81. The summed E-state index contributed by atoms with van der Waals surface area (Å²) < 4.78 is 0. The van der Waals surface area contributed by atoms with Gasteiger partial charge >= 0.3 is 0 Å². The molecule has 124 valence electrons. The number of amidine groups is 1. The zero-order valence-electron chi connectivity index (χ0n) is 13.6. The number of pyridine rings is 1. The smallest absolute Gasteiger partial charge is 0.264 e. The second-order valence-corrected chi connectivity index (χ2v) is 6.98. The largest absolute Gasteiger partial charge is 0.394 e. The van der Waals surface area contributed by atoms with Gasteiger partial charge in [-0.3, -0.25) is 14.8 Å². The molecule has 1 fully saturated rings. The zero-order valence-corrected chi connectivity index (χ0v) is 14.4. The van der Waals surface area contributed by atoms with Crippen LogP contribution in [0.25, 0.3) is 17.0 Å². The van der Waals surface area contributed by atoms with Gasteiger partial charge in [-0.2, -0.15) is 0 Å². The molecule has 1 atom stereocenters. The van der Waals surface area contributed by atoms with Crippen molar-refractivity contribution in [2.24, 2.45) is 10.9 Å². The van der Waals surface area contributed by atoms with Crippen molar-refractivity contribution in [3.8, 4) is 0 Å². The number of carbonyl (C=O) groups excluding carboxylic acids is 1. The number of aliphatic imine (C=N–C) groups is 1. The molecule has 1 aliphatic heterocycles. The lowest BCUT2D eigenvalue weighted by Crippen LogP contribution is -2.25. The summed E-state index contributed by atoms with van der Waals surface area (Å²) in [6.07, 6.45) is 3.61. The molecule has 2 heterocycles. The molecular formula is C18H19N3O2S. The summed E-state index contributed by atoms with van der Waals surface area (Å²) in [4.78, 5) is 21.5. The Labute approximate surface area is 144 Å². The first-order valence-electron chi connectivity index (χ1n) is 7.81. The van der Waals surface area contributed by atoms with Crippen LogP contribution in [-0.2, 0) is 4.79 Å². The van der Waals surface area contributed by atoms with Crippen molar-refractivity contribution >= 4 is 39.8 Å². The van der Waals surface area contributed by atoms with E-state index in [9.17, 15) is 9.90 Å². The van der Waals surface area contributed by atoms with Crippen LogP contribution in [0.15, 0.2) is 46.4 Å². The Morgan fingerprint density at radius 1 is 1.38 bits per heavy atom. The van der Waals surface area contributed by atoms with Gasteiger partial charge in [-0.25, -0.2) is 0 Å². The van der Waals surface area contributed by atoms with Gasteiger partial charge in [0.1, 0.15) is 0 Å². The van der Waals surface area contributed by atoms with E-state index in [0.717, 1.165) is 16.5 Å². The number of nitrogens with zero attached hydrogens (tertiary/aromatic N) is 2. The number of rotatable bonds is 4. The first-order chi connectivity index (χ1) is 11.6. The van der Waals surface area contributed by atoms with Crippen LogP contribution in [0, 0.1) is 5.92 Å². The van der Waals surface area contributed by atoms with Crippen molar-refractivity contribution in [3.63, 3.8) is 0 Å². The third kappa shape index (κ3) is 3.66. The minimum Gasteiger partial charge on any atom is -0.394 e. The van der Waals surface area contributed by atoms with E-state index in [2.05, 4.69) is 15.3 Å². The highest BCUT2D eigenvalue weighted by Crippen LogP contribution is 2.27. The molecule has 24 heavy (non-hydrogen) atoms. The minimum absolute atomic E-state index is 0.0334. The number of benzene rings is 1. The maximum atomic E-state index is 12.1. The fourth-order valence-corrected chi connectivity index (χ4v) is 3.25. The molecule has 1 aromatic carbocycles. The van der Waals surface area contributed by atoms with Gasteiger partial charge in [0.25, 0.3) is 5.91 Å². The van der Waals surface area contributed by atoms with E-state index in [0.29, 0.717) is 10.1 Å². The van der Waals surface area contributed by atoms with Gasteiger partial charge in [0.2, 0.25) is 0 Å². The molecule has 0 spiro atoms. The van der Waals surface area contributed by atoms with Crippen LogP contribution in [0.1, 0.15) is 19.4 Å². The Bertz CT molecular complexity index is 830. The number of amides is 1. The molecular weight excluding hydrogens is 322 g/mol. The third-order valence-corrected chi connectivity index (χ3v) is 4.74. The van der Waals surface area contributed by atoms with Crippen molar-refractivity contribution in [1.29, 1.82) is 0 Å². The van der Waals surface area contributed by atoms with Crippen molar-refractivity contribution in [3.05, 3.63) is 47.0 Å². The highest BCUT2D eigenvalue weighted by atomic mass is 32.2. The number of fused-ring (bicyclic) bond motifs is 1. The lowest BCUT2D eigenvalue weighted by molar-refractivity contribution is -0.115. The lowest BCUT2D eigenvalue weighted by atomic mass is 10.1. The Balaban J connectivity index is 1.84. The summed E-state index contributed by atoms with van der Waals surface area (Å²) in [5, 5.41) is 13.7. The van der Waals surface area contributed by atoms with Gasteiger partial charge < -0.3 is 10.4 Å². The maximum Gasteiger partial charge on any atom is 0.264 e. The molecule has 3 rings (SSSR count). The fraction of sp³-hybridized carbons (Fsp3) is 0.278. The number of carbonyl (C=O) groups is 1. The van der Waals surface area contributed by atoms with Crippen LogP contribution in [0.3, 0.4) is 0 Å². The van der Waals surface area contributed by atoms with Crippen LogP contribution in [0.4, 0.5) is 0 Å². The second-order valence-electron chi connectivity index (χ2n) is 5.95. The van der Waals surface area contributed by atoms with E-state index in [1.165, 1.54) is 11.8 Å². The number of hydrogen-bond acceptors (Lipinski definition) is 5.